The van der Waals surface area contributed by atoms with Crippen LogP contribution < -0.4 is 5.32 Å². The summed E-state index contributed by atoms with van der Waals surface area (Å²) in [6.07, 6.45) is 0. The second kappa shape index (κ2) is 7.04. The molecule has 0 aromatic carbocycles. The Morgan fingerprint density at radius 1 is 1.33 bits per heavy atom. The lowest BCUT2D eigenvalue weighted by atomic mass is 10.2. The average Bonchev–Trinajstić information content (AvgIpc) is 3.00. The highest BCUT2D eigenvalue weighted by molar-refractivity contribution is 7.10. The van der Waals surface area contributed by atoms with Crippen LogP contribution in [0.4, 0.5) is 0 Å². The van der Waals surface area contributed by atoms with Crippen molar-refractivity contribution in [2.45, 2.75) is 19.5 Å². The molecule has 2 heterocycles. The van der Waals surface area contributed by atoms with Crippen LogP contribution in [0.2, 0.25) is 0 Å². The zero-order chi connectivity index (χ0) is 12.8. The van der Waals surface area contributed by atoms with Crippen LogP contribution in [0.25, 0.3) is 0 Å². The molecular weight excluding hydrogens is 260 g/mol. The minimum absolute atomic E-state index is 0.458. The zero-order valence-corrected chi connectivity index (χ0v) is 12.6. The predicted molar refractivity (Wildman–Crippen MR) is 81.4 cm³/mol. The molecule has 2 aromatic rings. The molecule has 18 heavy (non-hydrogen) atoms. The van der Waals surface area contributed by atoms with Gasteiger partial charge in [0.25, 0.3) is 0 Å². The smallest absolute Gasteiger partial charge is 0.0386 e. The maximum Gasteiger partial charge on any atom is 0.0386 e. The lowest BCUT2D eigenvalue weighted by Gasteiger charge is -2.18. The standard InChI is InChI=1S/C14H20N2S2/c1-12(14-4-3-8-18-14)15-6-7-16(2)10-13-5-9-17-11-13/h3-5,8-9,11-12,15H,6-7,10H2,1-2H3. The van der Waals surface area contributed by atoms with Crippen LogP contribution in [0.5, 0.6) is 0 Å². The minimum atomic E-state index is 0.458. The van der Waals surface area contributed by atoms with Crippen molar-refractivity contribution >= 4 is 22.7 Å². The van der Waals surface area contributed by atoms with Gasteiger partial charge in [-0.3, -0.25) is 0 Å². The fraction of sp³-hybridized carbons (Fsp3) is 0.429. The van der Waals surface area contributed by atoms with Gasteiger partial charge < -0.3 is 10.2 Å². The van der Waals surface area contributed by atoms with Gasteiger partial charge >= 0.3 is 0 Å². The van der Waals surface area contributed by atoms with Gasteiger partial charge in [-0.15, -0.1) is 11.3 Å². The molecule has 0 fully saturated rings. The van der Waals surface area contributed by atoms with Gasteiger partial charge in [-0.05, 0) is 47.8 Å². The average molecular weight is 280 g/mol. The molecule has 0 aliphatic heterocycles. The van der Waals surface area contributed by atoms with E-state index in [1.165, 1.54) is 10.4 Å². The first kappa shape index (κ1) is 13.7. The van der Waals surface area contributed by atoms with E-state index in [-0.39, 0.29) is 0 Å². The maximum atomic E-state index is 3.57. The molecular formula is C14H20N2S2. The quantitative estimate of drug-likeness (QED) is 0.834. The second-order valence-corrected chi connectivity index (χ2v) is 6.32. The van der Waals surface area contributed by atoms with Gasteiger partial charge in [-0.25, -0.2) is 0 Å². The minimum Gasteiger partial charge on any atom is -0.308 e. The number of nitrogens with zero attached hydrogens (tertiary/aromatic N) is 1. The third kappa shape index (κ3) is 4.21. The molecule has 1 atom stereocenters. The summed E-state index contributed by atoms with van der Waals surface area (Å²) < 4.78 is 0. The van der Waals surface area contributed by atoms with E-state index in [4.69, 9.17) is 0 Å². The highest BCUT2D eigenvalue weighted by atomic mass is 32.1. The molecule has 0 amide bonds. The molecule has 2 rings (SSSR count). The molecule has 0 aliphatic rings. The van der Waals surface area contributed by atoms with Crippen LogP contribution in [-0.4, -0.2) is 25.0 Å². The monoisotopic (exact) mass is 280 g/mol. The van der Waals surface area contributed by atoms with Crippen molar-refractivity contribution in [1.29, 1.82) is 0 Å². The van der Waals surface area contributed by atoms with Gasteiger partial charge in [-0.2, -0.15) is 11.3 Å². The van der Waals surface area contributed by atoms with Gasteiger partial charge in [0.2, 0.25) is 0 Å². The van der Waals surface area contributed by atoms with Gasteiger partial charge in [0.05, 0.1) is 0 Å². The molecule has 98 valence electrons. The van der Waals surface area contributed by atoms with Crippen molar-refractivity contribution in [1.82, 2.24) is 10.2 Å². The zero-order valence-electron chi connectivity index (χ0n) is 10.9. The number of hydrogen-bond acceptors (Lipinski definition) is 4. The van der Waals surface area contributed by atoms with E-state index >= 15 is 0 Å². The Kier molecular flexibility index (Phi) is 5.38. The first-order valence-electron chi connectivity index (χ1n) is 6.22. The van der Waals surface area contributed by atoms with Gasteiger partial charge in [-0.1, -0.05) is 6.07 Å². The normalized spacial score (nSPS) is 13.1. The second-order valence-electron chi connectivity index (χ2n) is 4.56. The third-order valence-corrected chi connectivity index (χ3v) is 4.73. The Bertz CT molecular complexity index is 423. The summed E-state index contributed by atoms with van der Waals surface area (Å²) in [4.78, 5) is 3.77. The van der Waals surface area contributed by atoms with Crippen LogP contribution >= 0.6 is 22.7 Å². The number of nitrogens with one attached hydrogen (secondary N) is 1. The molecule has 4 heteroatoms. The van der Waals surface area contributed by atoms with Crippen molar-refractivity contribution in [3.63, 3.8) is 0 Å². The summed E-state index contributed by atoms with van der Waals surface area (Å²) in [7, 11) is 2.18. The summed E-state index contributed by atoms with van der Waals surface area (Å²) >= 11 is 3.59. The Morgan fingerprint density at radius 3 is 2.89 bits per heavy atom. The first-order valence-corrected chi connectivity index (χ1v) is 8.04. The molecule has 0 saturated carbocycles. The summed E-state index contributed by atoms with van der Waals surface area (Å²) in [5.74, 6) is 0. The van der Waals surface area contributed by atoms with Crippen molar-refractivity contribution in [2.75, 3.05) is 20.1 Å². The fourth-order valence-corrected chi connectivity index (χ4v) is 3.30. The summed E-state index contributed by atoms with van der Waals surface area (Å²) in [6.45, 7) is 5.37. The lowest BCUT2D eigenvalue weighted by Crippen LogP contribution is -2.30. The van der Waals surface area contributed by atoms with E-state index in [0.29, 0.717) is 6.04 Å². The molecule has 0 saturated heterocycles. The Morgan fingerprint density at radius 2 is 2.22 bits per heavy atom. The Labute approximate surface area is 117 Å². The Hall–Kier alpha value is -0.680. The molecule has 2 aromatic heterocycles. The first-order chi connectivity index (χ1) is 8.75. The van der Waals surface area contributed by atoms with Gasteiger partial charge in [0.1, 0.15) is 0 Å². The van der Waals surface area contributed by atoms with E-state index in [1.807, 2.05) is 11.3 Å². The number of rotatable bonds is 7. The molecule has 1 unspecified atom stereocenters. The number of hydrogen-bond donors (Lipinski definition) is 1. The van der Waals surface area contributed by atoms with Crippen LogP contribution in [0.1, 0.15) is 23.4 Å². The molecule has 2 nitrogen and oxygen atoms in total. The SMILES string of the molecule is CC(NCCN(C)Cc1ccsc1)c1cccs1. The molecule has 0 radical (unpaired) electrons. The van der Waals surface area contributed by atoms with E-state index < -0.39 is 0 Å². The molecule has 0 spiro atoms. The van der Waals surface area contributed by atoms with E-state index in [9.17, 15) is 0 Å². The van der Waals surface area contributed by atoms with Crippen LogP contribution in [0.3, 0.4) is 0 Å². The molecule has 0 bridgehead atoms. The van der Waals surface area contributed by atoms with Crippen LogP contribution in [0, 0.1) is 0 Å². The lowest BCUT2D eigenvalue weighted by molar-refractivity contribution is 0.319. The van der Waals surface area contributed by atoms with Crippen molar-refractivity contribution in [3.05, 3.63) is 44.8 Å². The number of likely N-dealkylation sites (N-methyl/N-ethyl adjacent to an activating group) is 1. The largest absolute Gasteiger partial charge is 0.308 e. The van der Waals surface area contributed by atoms with E-state index in [2.05, 4.69) is 58.5 Å². The summed E-state index contributed by atoms with van der Waals surface area (Å²) in [5.41, 5.74) is 1.41. The topological polar surface area (TPSA) is 15.3 Å². The highest BCUT2D eigenvalue weighted by Gasteiger charge is 2.06. The summed E-state index contributed by atoms with van der Waals surface area (Å²) in [5, 5.41) is 10.1. The van der Waals surface area contributed by atoms with E-state index in [1.54, 1.807) is 11.3 Å². The molecule has 1 N–H and O–H groups in total. The number of thiophene rings is 2. The van der Waals surface area contributed by atoms with Crippen molar-refractivity contribution in [3.8, 4) is 0 Å². The van der Waals surface area contributed by atoms with Crippen LogP contribution in [0.15, 0.2) is 34.3 Å². The maximum absolute atomic E-state index is 3.57. The predicted octanol–water partition coefficient (Wildman–Crippen LogP) is 3.59. The Balaban J connectivity index is 1.66. The van der Waals surface area contributed by atoms with Crippen LogP contribution in [-0.2, 0) is 6.54 Å². The fourth-order valence-electron chi connectivity index (χ4n) is 1.88. The van der Waals surface area contributed by atoms with Gasteiger partial charge in [0.15, 0.2) is 0 Å². The van der Waals surface area contributed by atoms with Gasteiger partial charge in [0, 0.05) is 30.6 Å². The molecule has 0 aliphatic carbocycles. The van der Waals surface area contributed by atoms with Crippen molar-refractivity contribution < 1.29 is 0 Å². The third-order valence-electron chi connectivity index (χ3n) is 2.95. The highest BCUT2D eigenvalue weighted by Crippen LogP contribution is 2.17. The van der Waals surface area contributed by atoms with Crippen molar-refractivity contribution in [2.24, 2.45) is 0 Å². The summed E-state index contributed by atoms with van der Waals surface area (Å²) in [6, 6.07) is 6.96. The van der Waals surface area contributed by atoms with E-state index in [0.717, 1.165) is 19.6 Å².